The summed E-state index contributed by atoms with van der Waals surface area (Å²) in [6.45, 7) is 4.87. The zero-order chi connectivity index (χ0) is 11.5. The fourth-order valence-corrected chi connectivity index (χ4v) is 1.60. The number of nitrogen functional groups attached to an aromatic ring is 1. The van der Waals surface area contributed by atoms with Gasteiger partial charge in [-0.2, -0.15) is 0 Å². The van der Waals surface area contributed by atoms with E-state index >= 15 is 0 Å². The van der Waals surface area contributed by atoms with Crippen molar-refractivity contribution in [2.75, 3.05) is 24.2 Å². The van der Waals surface area contributed by atoms with Crippen molar-refractivity contribution in [2.45, 2.75) is 13.8 Å². The molecule has 1 aromatic rings. The fourth-order valence-electron chi connectivity index (χ4n) is 1.08. The Hall–Kier alpha value is -0.490. The number of nitrogens with two attached hydrogens (primary N) is 1. The summed E-state index contributed by atoms with van der Waals surface area (Å²) >= 11 is 2.23. The Morgan fingerprint density at radius 2 is 2.13 bits per heavy atom. The van der Waals surface area contributed by atoms with Crippen LogP contribution in [0.2, 0.25) is 0 Å². The van der Waals surface area contributed by atoms with Gasteiger partial charge in [0.1, 0.15) is 0 Å². The molecule has 0 aliphatic rings. The summed E-state index contributed by atoms with van der Waals surface area (Å²) in [4.78, 5) is 0. The molecular formula is C11H17IN2O. The Balaban J connectivity index is 2.66. The first-order chi connectivity index (χ1) is 6.94. The van der Waals surface area contributed by atoms with Gasteiger partial charge in [0.25, 0.3) is 0 Å². The molecule has 0 spiro atoms. The maximum Gasteiger partial charge on any atom is 0.0574 e. The Kier molecular flexibility index (Phi) is 4.21. The van der Waals surface area contributed by atoms with E-state index in [1.807, 2.05) is 32.0 Å². The first kappa shape index (κ1) is 12.6. The highest BCUT2D eigenvalue weighted by Gasteiger charge is 2.16. The molecule has 0 aliphatic heterocycles. The van der Waals surface area contributed by atoms with Crippen LogP contribution in [0.15, 0.2) is 18.2 Å². The van der Waals surface area contributed by atoms with Gasteiger partial charge in [-0.15, -0.1) is 0 Å². The molecule has 0 saturated carbocycles. The van der Waals surface area contributed by atoms with Crippen molar-refractivity contribution in [1.82, 2.24) is 0 Å². The SMILES string of the molecule is CC(C)(CO)CNc1ccc(I)cc1N. The Morgan fingerprint density at radius 1 is 1.47 bits per heavy atom. The van der Waals surface area contributed by atoms with Crippen molar-refractivity contribution >= 4 is 34.0 Å². The van der Waals surface area contributed by atoms with E-state index in [9.17, 15) is 0 Å². The molecule has 4 heteroatoms. The highest BCUT2D eigenvalue weighted by Crippen LogP contribution is 2.23. The Labute approximate surface area is 104 Å². The highest BCUT2D eigenvalue weighted by molar-refractivity contribution is 14.1. The Bertz CT molecular complexity index is 339. The van der Waals surface area contributed by atoms with E-state index in [1.165, 1.54) is 0 Å². The third-order valence-electron chi connectivity index (χ3n) is 2.20. The number of aliphatic hydroxyl groups is 1. The summed E-state index contributed by atoms with van der Waals surface area (Å²) < 4.78 is 1.12. The second-order valence-corrected chi connectivity index (χ2v) is 5.65. The van der Waals surface area contributed by atoms with Crippen LogP contribution in [0.1, 0.15) is 13.8 Å². The van der Waals surface area contributed by atoms with Crippen molar-refractivity contribution in [2.24, 2.45) is 5.41 Å². The van der Waals surface area contributed by atoms with Crippen LogP contribution in [0.5, 0.6) is 0 Å². The van der Waals surface area contributed by atoms with Crippen LogP contribution in [0, 0.1) is 8.99 Å². The van der Waals surface area contributed by atoms with Crippen LogP contribution in [0.3, 0.4) is 0 Å². The molecule has 84 valence electrons. The first-order valence-electron chi connectivity index (χ1n) is 4.84. The van der Waals surface area contributed by atoms with E-state index in [-0.39, 0.29) is 12.0 Å². The minimum Gasteiger partial charge on any atom is -0.397 e. The molecule has 0 heterocycles. The maximum absolute atomic E-state index is 9.11. The summed E-state index contributed by atoms with van der Waals surface area (Å²) in [5, 5.41) is 12.4. The van der Waals surface area contributed by atoms with Crippen molar-refractivity contribution < 1.29 is 5.11 Å². The molecule has 1 rings (SSSR count). The third-order valence-corrected chi connectivity index (χ3v) is 2.87. The van der Waals surface area contributed by atoms with Gasteiger partial charge in [-0.3, -0.25) is 0 Å². The highest BCUT2D eigenvalue weighted by atomic mass is 127. The lowest BCUT2D eigenvalue weighted by Crippen LogP contribution is -2.27. The molecule has 0 radical (unpaired) electrons. The monoisotopic (exact) mass is 320 g/mol. The van der Waals surface area contributed by atoms with Crippen molar-refractivity contribution in [3.63, 3.8) is 0 Å². The summed E-state index contributed by atoms with van der Waals surface area (Å²) in [5.74, 6) is 0. The summed E-state index contributed by atoms with van der Waals surface area (Å²) in [6, 6.07) is 5.89. The fraction of sp³-hybridized carbons (Fsp3) is 0.455. The molecule has 0 unspecified atom stereocenters. The quantitative estimate of drug-likeness (QED) is 0.589. The van der Waals surface area contributed by atoms with E-state index in [0.29, 0.717) is 6.54 Å². The van der Waals surface area contributed by atoms with Gasteiger partial charge in [0.15, 0.2) is 0 Å². The molecule has 0 bridgehead atoms. The molecule has 0 fully saturated rings. The number of benzene rings is 1. The van der Waals surface area contributed by atoms with Crippen molar-refractivity contribution in [3.8, 4) is 0 Å². The van der Waals surface area contributed by atoms with Crippen LogP contribution in [0.4, 0.5) is 11.4 Å². The van der Waals surface area contributed by atoms with Gasteiger partial charge in [-0.1, -0.05) is 13.8 Å². The van der Waals surface area contributed by atoms with Gasteiger partial charge in [-0.05, 0) is 40.8 Å². The largest absolute Gasteiger partial charge is 0.397 e. The van der Waals surface area contributed by atoms with E-state index in [1.54, 1.807) is 0 Å². The lowest BCUT2D eigenvalue weighted by molar-refractivity contribution is 0.171. The minimum absolute atomic E-state index is 0.130. The number of hydrogen-bond donors (Lipinski definition) is 3. The lowest BCUT2D eigenvalue weighted by Gasteiger charge is -2.23. The van der Waals surface area contributed by atoms with Gasteiger partial charge in [0.05, 0.1) is 11.4 Å². The summed E-state index contributed by atoms with van der Waals surface area (Å²) in [5.41, 5.74) is 7.41. The van der Waals surface area contributed by atoms with Gasteiger partial charge in [-0.25, -0.2) is 0 Å². The molecule has 0 saturated heterocycles. The van der Waals surface area contributed by atoms with E-state index in [0.717, 1.165) is 14.9 Å². The smallest absolute Gasteiger partial charge is 0.0574 e. The van der Waals surface area contributed by atoms with Crippen LogP contribution < -0.4 is 11.1 Å². The van der Waals surface area contributed by atoms with E-state index < -0.39 is 0 Å². The average Bonchev–Trinajstić information content (AvgIpc) is 2.16. The number of aliphatic hydroxyl groups excluding tert-OH is 1. The minimum atomic E-state index is -0.130. The average molecular weight is 320 g/mol. The summed E-state index contributed by atoms with van der Waals surface area (Å²) in [7, 11) is 0. The molecule has 1 aromatic carbocycles. The second-order valence-electron chi connectivity index (χ2n) is 4.41. The molecular weight excluding hydrogens is 303 g/mol. The number of nitrogens with one attached hydrogen (secondary N) is 1. The molecule has 4 N–H and O–H groups in total. The molecule has 0 atom stereocenters. The van der Waals surface area contributed by atoms with E-state index in [4.69, 9.17) is 10.8 Å². The maximum atomic E-state index is 9.11. The number of hydrogen-bond acceptors (Lipinski definition) is 3. The molecule has 3 nitrogen and oxygen atoms in total. The second kappa shape index (κ2) is 5.03. The van der Waals surface area contributed by atoms with Crippen molar-refractivity contribution in [3.05, 3.63) is 21.8 Å². The molecule has 0 aromatic heterocycles. The van der Waals surface area contributed by atoms with Crippen LogP contribution in [0.25, 0.3) is 0 Å². The molecule has 0 aliphatic carbocycles. The van der Waals surface area contributed by atoms with Gasteiger partial charge >= 0.3 is 0 Å². The molecule has 15 heavy (non-hydrogen) atoms. The summed E-state index contributed by atoms with van der Waals surface area (Å²) in [6.07, 6.45) is 0. The predicted octanol–water partition coefficient (Wildman–Crippen LogP) is 2.30. The number of rotatable bonds is 4. The van der Waals surface area contributed by atoms with Crippen molar-refractivity contribution in [1.29, 1.82) is 0 Å². The normalized spacial score (nSPS) is 11.5. The van der Waals surface area contributed by atoms with Crippen LogP contribution in [-0.2, 0) is 0 Å². The first-order valence-corrected chi connectivity index (χ1v) is 5.92. The van der Waals surface area contributed by atoms with Gasteiger partial charge < -0.3 is 16.2 Å². The number of halogens is 1. The zero-order valence-electron chi connectivity index (χ0n) is 9.05. The van der Waals surface area contributed by atoms with Crippen LogP contribution in [-0.4, -0.2) is 18.3 Å². The van der Waals surface area contributed by atoms with Crippen LogP contribution >= 0.6 is 22.6 Å². The molecule has 0 amide bonds. The third kappa shape index (κ3) is 3.87. The van der Waals surface area contributed by atoms with Gasteiger partial charge in [0, 0.05) is 22.1 Å². The zero-order valence-corrected chi connectivity index (χ0v) is 11.2. The standard InChI is InChI=1S/C11H17IN2O/c1-11(2,7-15)6-14-10-4-3-8(12)5-9(10)13/h3-5,14-15H,6-7,13H2,1-2H3. The lowest BCUT2D eigenvalue weighted by atomic mass is 9.95. The van der Waals surface area contributed by atoms with E-state index in [2.05, 4.69) is 27.9 Å². The predicted molar refractivity (Wildman–Crippen MR) is 72.9 cm³/mol. The topological polar surface area (TPSA) is 58.3 Å². The van der Waals surface area contributed by atoms with Gasteiger partial charge in [0.2, 0.25) is 0 Å². The Morgan fingerprint density at radius 3 is 2.67 bits per heavy atom. The number of anilines is 2.